The molecule has 3 aromatic rings. The zero-order valence-corrected chi connectivity index (χ0v) is 17.2. The lowest BCUT2D eigenvalue weighted by molar-refractivity contribution is -0.111. The highest BCUT2D eigenvalue weighted by Crippen LogP contribution is 2.24. The van der Waals surface area contributed by atoms with Crippen molar-refractivity contribution < 1.29 is 13.2 Å². The number of rotatable bonds is 5. The van der Waals surface area contributed by atoms with Crippen molar-refractivity contribution in [2.45, 2.75) is 6.42 Å². The van der Waals surface area contributed by atoms with E-state index in [9.17, 15) is 13.2 Å². The summed E-state index contributed by atoms with van der Waals surface area (Å²) in [6.07, 6.45) is 3.82. The highest BCUT2D eigenvalue weighted by Gasteiger charge is 2.28. The highest BCUT2D eigenvalue weighted by molar-refractivity contribution is 7.93. The predicted octanol–water partition coefficient (Wildman–Crippen LogP) is 4.55. The summed E-state index contributed by atoms with van der Waals surface area (Å²) in [5, 5.41) is 2.84. The third-order valence-corrected chi connectivity index (χ3v) is 6.84. The van der Waals surface area contributed by atoms with Gasteiger partial charge in [0.05, 0.1) is 11.4 Å². The fourth-order valence-electron chi connectivity index (χ4n) is 3.41. The number of carbonyl (C=O) groups excluding carboxylic acids is 1. The lowest BCUT2D eigenvalue weighted by Crippen LogP contribution is -2.24. The number of hydrogen-bond donors (Lipinski definition) is 1. The molecule has 1 aliphatic rings. The largest absolute Gasteiger partial charge is 0.323 e. The van der Waals surface area contributed by atoms with Crippen molar-refractivity contribution in [2.24, 2.45) is 0 Å². The minimum absolute atomic E-state index is 0.196. The first kappa shape index (κ1) is 19.9. The molecule has 0 aliphatic carbocycles. The maximum Gasteiger partial charge on any atom is 0.248 e. The smallest absolute Gasteiger partial charge is 0.248 e. The molecule has 0 aromatic heterocycles. The Labute approximate surface area is 176 Å². The minimum atomic E-state index is -3.18. The zero-order valence-electron chi connectivity index (χ0n) is 16.4. The van der Waals surface area contributed by atoms with E-state index in [2.05, 4.69) is 5.32 Å². The second kappa shape index (κ2) is 8.55. The Kier molecular flexibility index (Phi) is 5.68. The van der Waals surface area contributed by atoms with Crippen molar-refractivity contribution in [3.63, 3.8) is 0 Å². The molecule has 6 heteroatoms. The molecular weight excluding hydrogens is 396 g/mol. The van der Waals surface area contributed by atoms with Gasteiger partial charge in [0.25, 0.3) is 0 Å². The molecule has 1 fully saturated rings. The van der Waals surface area contributed by atoms with E-state index >= 15 is 0 Å². The van der Waals surface area contributed by atoms with Crippen LogP contribution in [0.4, 0.5) is 11.4 Å². The number of amides is 1. The molecular formula is C24H22N2O3S. The van der Waals surface area contributed by atoms with Crippen LogP contribution in [0.15, 0.2) is 84.9 Å². The van der Waals surface area contributed by atoms with Gasteiger partial charge in [0.2, 0.25) is 15.9 Å². The summed E-state index contributed by atoms with van der Waals surface area (Å²) < 4.78 is 25.4. The van der Waals surface area contributed by atoms with Crippen LogP contribution in [0.2, 0.25) is 0 Å². The van der Waals surface area contributed by atoms with Gasteiger partial charge in [-0.2, -0.15) is 0 Å². The van der Waals surface area contributed by atoms with Gasteiger partial charge in [-0.15, -0.1) is 0 Å². The van der Waals surface area contributed by atoms with Gasteiger partial charge < -0.3 is 5.32 Å². The van der Waals surface area contributed by atoms with Crippen LogP contribution < -0.4 is 9.62 Å². The average Bonchev–Trinajstić information content (AvgIpc) is 3.13. The number of benzene rings is 3. The lowest BCUT2D eigenvalue weighted by Gasteiger charge is -2.16. The second-order valence-electron chi connectivity index (χ2n) is 7.10. The highest BCUT2D eigenvalue weighted by atomic mass is 32.2. The first-order chi connectivity index (χ1) is 14.5. The zero-order chi connectivity index (χ0) is 21.0. The van der Waals surface area contributed by atoms with Crippen LogP contribution in [0.3, 0.4) is 0 Å². The Morgan fingerprint density at radius 2 is 1.53 bits per heavy atom. The molecule has 0 bridgehead atoms. The molecule has 0 radical (unpaired) electrons. The number of anilines is 2. The summed E-state index contributed by atoms with van der Waals surface area (Å²) in [6, 6.07) is 24.9. The van der Waals surface area contributed by atoms with Crippen LogP contribution in [-0.4, -0.2) is 26.6 Å². The minimum Gasteiger partial charge on any atom is -0.323 e. The second-order valence-corrected chi connectivity index (χ2v) is 9.11. The van der Waals surface area contributed by atoms with Crippen molar-refractivity contribution in [3.8, 4) is 11.1 Å². The first-order valence-corrected chi connectivity index (χ1v) is 11.4. The van der Waals surface area contributed by atoms with Gasteiger partial charge in [0, 0.05) is 18.3 Å². The van der Waals surface area contributed by atoms with E-state index in [0.29, 0.717) is 18.7 Å². The van der Waals surface area contributed by atoms with Gasteiger partial charge in [-0.1, -0.05) is 54.6 Å². The van der Waals surface area contributed by atoms with E-state index in [1.54, 1.807) is 18.2 Å². The number of carbonyl (C=O) groups is 1. The average molecular weight is 419 g/mol. The van der Waals surface area contributed by atoms with E-state index in [1.807, 2.05) is 66.7 Å². The molecule has 1 heterocycles. The predicted molar refractivity (Wildman–Crippen MR) is 122 cm³/mol. The Morgan fingerprint density at radius 3 is 2.17 bits per heavy atom. The van der Waals surface area contributed by atoms with E-state index in [-0.39, 0.29) is 11.7 Å². The van der Waals surface area contributed by atoms with Crippen LogP contribution in [0.25, 0.3) is 17.2 Å². The molecule has 5 nitrogen and oxygen atoms in total. The summed E-state index contributed by atoms with van der Waals surface area (Å²) in [5.74, 6) is -0.0325. The maximum absolute atomic E-state index is 12.2. The fourth-order valence-corrected chi connectivity index (χ4v) is 4.98. The molecule has 3 aromatic carbocycles. The van der Waals surface area contributed by atoms with E-state index in [0.717, 1.165) is 22.4 Å². The standard InChI is InChI=1S/C24H22N2O3S/c27-24(25-22-12-10-21(11-13-22)20-5-2-1-3-6-20)16-9-19-7-14-23(15-8-19)26-17-4-18-30(26,28)29/h1-3,5-16H,4,17-18H2,(H,25,27)/b16-9+. The molecule has 1 amide bonds. The fraction of sp³-hybridized carbons (Fsp3) is 0.125. The topological polar surface area (TPSA) is 66.5 Å². The molecule has 30 heavy (non-hydrogen) atoms. The van der Waals surface area contributed by atoms with E-state index in [1.165, 1.54) is 10.4 Å². The molecule has 1 saturated heterocycles. The van der Waals surface area contributed by atoms with Crippen molar-refractivity contribution in [2.75, 3.05) is 21.9 Å². The molecule has 1 N–H and O–H groups in total. The van der Waals surface area contributed by atoms with Crippen molar-refractivity contribution >= 4 is 33.4 Å². The van der Waals surface area contributed by atoms with Gasteiger partial charge >= 0.3 is 0 Å². The number of nitrogens with one attached hydrogen (secondary N) is 1. The van der Waals surface area contributed by atoms with Crippen molar-refractivity contribution in [1.82, 2.24) is 0 Å². The monoisotopic (exact) mass is 418 g/mol. The van der Waals surface area contributed by atoms with Crippen LogP contribution >= 0.6 is 0 Å². The third-order valence-electron chi connectivity index (χ3n) is 4.97. The lowest BCUT2D eigenvalue weighted by atomic mass is 10.1. The molecule has 0 spiro atoms. The first-order valence-electron chi connectivity index (χ1n) is 9.76. The van der Waals surface area contributed by atoms with Gasteiger partial charge in [-0.3, -0.25) is 9.10 Å². The Bertz CT molecular complexity index is 1150. The number of hydrogen-bond acceptors (Lipinski definition) is 3. The molecule has 0 atom stereocenters. The van der Waals surface area contributed by atoms with E-state index in [4.69, 9.17) is 0 Å². The Hall–Kier alpha value is -3.38. The summed E-state index contributed by atoms with van der Waals surface area (Å²) in [5.41, 5.74) is 4.42. The number of nitrogens with zero attached hydrogens (tertiary/aromatic N) is 1. The Balaban J connectivity index is 1.37. The number of sulfonamides is 1. The molecule has 1 aliphatic heterocycles. The molecule has 4 rings (SSSR count). The quantitative estimate of drug-likeness (QED) is 0.619. The maximum atomic E-state index is 12.2. The van der Waals surface area contributed by atoms with Crippen LogP contribution in [0, 0.1) is 0 Å². The van der Waals surface area contributed by atoms with Gasteiger partial charge in [0.1, 0.15) is 0 Å². The van der Waals surface area contributed by atoms with Crippen LogP contribution in [0.1, 0.15) is 12.0 Å². The van der Waals surface area contributed by atoms with Crippen LogP contribution in [0.5, 0.6) is 0 Å². The molecule has 152 valence electrons. The van der Waals surface area contributed by atoms with Gasteiger partial charge in [-0.25, -0.2) is 8.42 Å². The van der Waals surface area contributed by atoms with Crippen molar-refractivity contribution in [3.05, 3.63) is 90.5 Å². The van der Waals surface area contributed by atoms with Gasteiger partial charge in [0.15, 0.2) is 0 Å². The third kappa shape index (κ3) is 4.60. The summed E-state index contributed by atoms with van der Waals surface area (Å²) in [7, 11) is -3.18. The summed E-state index contributed by atoms with van der Waals surface area (Å²) in [4.78, 5) is 12.2. The summed E-state index contributed by atoms with van der Waals surface area (Å²) >= 11 is 0. The van der Waals surface area contributed by atoms with Crippen LogP contribution in [-0.2, 0) is 14.8 Å². The SMILES string of the molecule is O=C(/C=C/c1ccc(N2CCCS2(=O)=O)cc1)Nc1ccc(-c2ccccc2)cc1. The molecule has 0 unspecified atom stereocenters. The van der Waals surface area contributed by atoms with Gasteiger partial charge in [-0.05, 0) is 53.5 Å². The summed E-state index contributed by atoms with van der Waals surface area (Å²) in [6.45, 7) is 0.517. The molecule has 0 saturated carbocycles. The van der Waals surface area contributed by atoms with Crippen molar-refractivity contribution in [1.29, 1.82) is 0 Å². The normalized spacial score (nSPS) is 15.4. The van der Waals surface area contributed by atoms with E-state index < -0.39 is 10.0 Å². The Morgan fingerprint density at radius 1 is 0.867 bits per heavy atom.